The molecule has 1 aliphatic heterocycles. The molecule has 0 fully saturated rings. The number of carbonyl (C=O) groups is 1. The topological polar surface area (TPSA) is 82.9 Å². The summed E-state index contributed by atoms with van der Waals surface area (Å²) < 4.78 is 40.3. The predicted octanol–water partition coefficient (Wildman–Crippen LogP) is 16.6. The molecular formula is C60H58Cl4N4O6. The van der Waals surface area contributed by atoms with Gasteiger partial charge in [0.05, 0.1) is 47.7 Å². The maximum Gasteiger partial charge on any atom is 0.341 e. The summed E-state index contributed by atoms with van der Waals surface area (Å²) in [7, 11) is 6.81. The van der Waals surface area contributed by atoms with Gasteiger partial charge in [-0.05, 0) is 103 Å². The zero-order valence-electron chi connectivity index (χ0n) is 43.5. The van der Waals surface area contributed by atoms with Gasteiger partial charge in [-0.3, -0.25) is 0 Å². The van der Waals surface area contributed by atoms with Crippen molar-refractivity contribution in [3.8, 4) is 0 Å². The number of ether oxygens (including phenoxy) is 5. The van der Waals surface area contributed by atoms with Gasteiger partial charge < -0.3 is 42.0 Å². The third-order valence-electron chi connectivity index (χ3n) is 15.4. The molecule has 382 valence electrons. The Morgan fingerprint density at radius 1 is 0.459 bits per heavy atom. The van der Waals surface area contributed by atoms with Crippen LogP contribution in [0.1, 0.15) is 114 Å². The molecule has 0 saturated heterocycles. The maximum atomic E-state index is 15.3. The monoisotopic (exact) mass is 1070 g/mol. The molecule has 9 aromatic rings. The van der Waals surface area contributed by atoms with E-state index in [0.29, 0.717) is 0 Å². The lowest BCUT2D eigenvalue weighted by molar-refractivity contribution is 0.0300. The van der Waals surface area contributed by atoms with Crippen LogP contribution in [-0.4, -0.2) is 52.7 Å². The fourth-order valence-electron chi connectivity index (χ4n) is 11.9. The first-order chi connectivity index (χ1) is 35.5. The number of nitrogens with zero attached hydrogens (tertiary/aromatic N) is 4. The third-order valence-corrected chi connectivity index (χ3v) is 17.2. The Morgan fingerprint density at radius 2 is 0.730 bits per heavy atom. The Hall–Kier alpha value is -5.79. The fourth-order valence-corrected chi connectivity index (χ4v) is 13.0. The molecule has 74 heavy (non-hydrogen) atoms. The van der Waals surface area contributed by atoms with Crippen LogP contribution < -0.4 is 0 Å². The second kappa shape index (κ2) is 19.7. The number of methoxy groups -OCH3 is 4. The van der Waals surface area contributed by atoms with Gasteiger partial charge in [-0.2, -0.15) is 0 Å². The molecule has 0 aliphatic carbocycles. The summed E-state index contributed by atoms with van der Waals surface area (Å²) in [6, 6.07) is 33.1. The van der Waals surface area contributed by atoms with E-state index in [-0.39, 0.29) is 56.1 Å². The van der Waals surface area contributed by atoms with Crippen molar-refractivity contribution in [1.29, 1.82) is 0 Å². The Labute approximate surface area is 451 Å². The number of aromatic nitrogens is 4. The molecule has 4 unspecified atom stereocenters. The average Bonchev–Trinajstić information content (AvgIpc) is 4.16. The number of cyclic esters (lactones) is 1. The average molecular weight is 1070 g/mol. The number of halogens is 4. The molecule has 0 spiro atoms. The van der Waals surface area contributed by atoms with E-state index in [1.807, 2.05) is 88.4 Å². The Morgan fingerprint density at radius 3 is 1.01 bits per heavy atom. The van der Waals surface area contributed by atoms with Gasteiger partial charge >= 0.3 is 5.97 Å². The van der Waals surface area contributed by atoms with Gasteiger partial charge in [0.25, 0.3) is 0 Å². The summed E-state index contributed by atoms with van der Waals surface area (Å²) in [6.45, 7) is 16.5. The van der Waals surface area contributed by atoms with E-state index < -0.39 is 11.6 Å². The molecule has 5 aromatic carbocycles. The van der Waals surface area contributed by atoms with E-state index in [4.69, 9.17) is 70.1 Å². The standard InChI is InChI=1S/C60H58Cl4N4O6/c1-31-49(39-21-13-17-25-45(39)65(31)35(5)70-9)43(50-32(2)66(36(6)71-10)46-26-18-14-22-40(46)50)29-60(54-53(59(69)74-60)55(61)57(63)58(64)56(54)62)30-44(51-33(3)67(37(7)72-11)47-27-19-15-23-41(47)51)52-34(4)68(38(8)73-12)48-28-20-16-24-42(48)52/h13-30,35-38H,1-12H3. The molecule has 14 heteroatoms. The van der Waals surface area contributed by atoms with Crippen LogP contribution in [0, 0.1) is 27.7 Å². The quantitative estimate of drug-likeness (QED) is 0.0613. The number of benzene rings is 5. The molecule has 0 amide bonds. The molecule has 5 heterocycles. The van der Waals surface area contributed by atoms with Crippen LogP contribution in [0.3, 0.4) is 0 Å². The van der Waals surface area contributed by atoms with Crippen LogP contribution in [0.5, 0.6) is 0 Å². The smallest absolute Gasteiger partial charge is 0.341 e. The minimum absolute atomic E-state index is 0.0101. The van der Waals surface area contributed by atoms with E-state index in [0.717, 1.165) is 99.8 Å². The van der Waals surface area contributed by atoms with Gasteiger partial charge in [-0.25, -0.2) is 4.79 Å². The summed E-state index contributed by atoms with van der Waals surface area (Å²) in [5.74, 6) is -0.727. The van der Waals surface area contributed by atoms with Crippen molar-refractivity contribution in [3.63, 3.8) is 0 Å². The number of carbonyl (C=O) groups excluding carboxylic acids is 1. The van der Waals surface area contributed by atoms with Crippen molar-refractivity contribution in [2.24, 2.45) is 0 Å². The van der Waals surface area contributed by atoms with E-state index in [9.17, 15) is 0 Å². The Balaban J connectivity index is 1.49. The lowest BCUT2D eigenvalue weighted by Gasteiger charge is -2.28. The number of esters is 1. The summed E-state index contributed by atoms with van der Waals surface area (Å²) >= 11 is 28.9. The van der Waals surface area contributed by atoms with Crippen molar-refractivity contribution in [3.05, 3.63) is 185 Å². The van der Waals surface area contributed by atoms with Gasteiger partial charge in [-0.15, -0.1) is 0 Å². The van der Waals surface area contributed by atoms with Gasteiger partial charge in [0, 0.05) is 101 Å². The summed E-state index contributed by atoms with van der Waals surface area (Å²) in [6.07, 6.45) is 2.61. The lowest BCUT2D eigenvalue weighted by Crippen LogP contribution is -2.23. The van der Waals surface area contributed by atoms with Crippen LogP contribution in [0.2, 0.25) is 20.1 Å². The number of rotatable bonds is 14. The van der Waals surface area contributed by atoms with Gasteiger partial charge in [-0.1, -0.05) is 119 Å². The number of hydrogen-bond acceptors (Lipinski definition) is 6. The van der Waals surface area contributed by atoms with E-state index in [1.54, 1.807) is 28.4 Å². The molecule has 4 aromatic heterocycles. The minimum atomic E-state index is -1.87. The molecule has 0 radical (unpaired) electrons. The van der Waals surface area contributed by atoms with Crippen LogP contribution >= 0.6 is 46.4 Å². The second-order valence-electron chi connectivity index (χ2n) is 19.0. The maximum absolute atomic E-state index is 15.3. The Bertz CT molecular complexity index is 3420. The summed E-state index contributed by atoms with van der Waals surface area (Å²) in [5.41, 5.74) is 10.8. The molecule has 10 rings (SSSR count). The minimum Gasteiger partial charge on any atom is -0.442 e. The first kappa shape index (κ1) is 51.7. The molecule has 0 N–H and O–H groups in total. The van der Waals surface area contributed by atoms with Crippen molar-refractivity contribution in [2.45, 2.75) is 85.9 Å². The fraction of sp³-hybridized carbons (Fsp3) is 0.283. The van der Waals surface area contributed by atoms with Gasteiger partial charge in [0.1, 0.15) is 24.9 Å². The molecule has 4 atom stereocenters. The molecule has 1 aliphatic rings. The van der Waals surface area contributed by atoms with Crippen molar-refractivity contribution < 1.29 is 28.5 Å². The molecule has 0 saturated carbocycles. The highest BCUT2D eigenvalue weighted by Crippen LogP contribution is 2.56. The van der Waals surface area contributed by atoms with E-state index in [2.05, 4.69) is 94.5 Å². The highest BCUT2D eigenvalue weighted by Gasteiger charge is 2.49. The van der Waals surface area contributed by atoms with Crippen molar-refractivity contribution >= 4 is 107 Å². The first-order valence-electron chi connectivity index (χ1n) is 24.5. The SMILES string of the molecule is COC(C)n1c(C)c(C(=CC2(C=C(c3c(C)n(C(C)OC)c4ccccc34)c3c(C)n(C(C)OC)c4ccccc34)OC(=O)c3c(Cl)c(Cl)c(Cl)c(Cl)c32)c2c(C)n(C(C)OC)c3ccccc23)c2ccccc21. The van der Waals surface area contributed by atoms with E-state index in [1.165, 1.54) is 0 Å². The van der Waals surface area contributed by atoms with Crippen molar-refractivity contribution in [1.82, 2.24) is 18.3 Å². The number of hydrogen-bond donors (Lipinski definition) is 0. The zero-order chi connectivity index (χ0) is 52.8. The van der Waals surface area contributed by atoms with E-state index >= 15 is 4.79 Å². The van der Waals surface area contributed by atoms with Gasteiger partial charge in [0.15, 0.2) is 5.60 Å². The lowest BCUT2D eigenvalue weighted by atomic mass is 9.81. The normalized spacial score (nSPS) is 16.3. The largest absolute Gasteiger partial charge is 0.442 e. The number of fused-ring (bicyclic) bond motifs is 5. The van der Waals surface area contributed by atoms with Gasteiger partial charge in [0.2, 0.25) is 0 Å². The van der Waals surface area contributed by atoms with Crippen LogP contribution in [0.15, 0.2) is 109 Å². The molecule has 0 bridgehead atoms. The highest BCUT2D eigenvalue weighted by molar-refractivity contribution is 6.53. The van der Waals surface area contributed by atoms with Crippen LogP contribution in [-0.2, 0) is 29.3 Å². The van der Waals surface area contributed by atoms with Crippen molar-refractivity contribution in [2.75, 3.05) is 28.4 Å². The number of para-hydroxylation sites is 4. The van der Waals surface area contributed by atoms with Crippen LogP contribution in [0.25, 0.3) is 54.8 Å². The van der Waals surface area contributed by atoms with Crippen LogP contribution in [0.4, 0.5) is 0 Å². The molecular weight excluding hydrogens is 1010 g/mol. The predicted molar refractivity (Wildman–Crippen MR) is 301 cm³/mol. The summed E-state index contributed by atoms with van der Waals surface area (Å²) in [4.78, 5) is 15.3. The molecule has 10 nitrogen and oxygen atoms in total. The third kappa shape index (κ3) is 7.70. The highest BCUT2D eigenvalue weighted by atomic mass is 35.5. The Kier molecular flexibility index (Phi) is 13.8. The first-order valence-corrected chi connectivity index (χ1v) is 26.1. The zero-order valence-corrected chi connectivity index (χ0v) is 46.5. The second-order valence-corrected chi connectivity index (χ2v) is 20.5. The summed E-state index contributed by atoms with van der Waals surface area (Å²) in [5, 5.41) is 3.65.